The third kappa shape index (κ3) is 2.35. The molecule has 0 aromatic carbocycles. The fraction of sp³-hybridized carbons (Fsp3) is 0.273. The van der Waals surface area contributed by atoms with Gasteiger partial charge in [-0.05, 0) is 34.1 Å². The van der Waals surface area contributed by atoms with Crippen LogP contribution in [0, 0.1) is 0 Å². The van der Waals surface area contributed by atoms with Gasteiger partial charge in [-0.1, -0.05) is 18.5 Å². The number of aliphatic hydroxyl groups excluding tert-OH is 1. The molecule has 0 spiro atoms. The summed E-state index contributed by atoms with van der Waals surface area (Å²) in [5.74, 6) is 1.43. The van der Waals surface area contributed by atoms with Gasteiger partial charge in [-0.2, -0.15) is 0 Å². The van der Waals surface area contributed by atoms with Crippen molar-refractivity contribution >= 4 is 38.9 Å². The van der Waals surface area contributed by atoms with Gasteiger partial charge in [-0.15, -0.1) is 11.3 Å². The van der Waals surface area contributed by atoms with E-state index in [2.05, 4.69) is 15.9 Å². The van der Waals surface area contributed by atoms with Crippen LogP contribution < -0.4 is 0 Å². The summed E-state index contributed by atoms with van der Waals surface area (Å²) in [6.45, 7) is 2.01. The molecular formula is C11H10BrClO2S. The molecule has 0 aliphatic carbocycles. The van der Waals surface area contributed by atoms with Crippen LogP contribution in [0.25, 0.3) is 0 Å². The maximum Gasteiger partial charge on any atom is 0.146 e. The lowest BCUT2D eigenvalue weighted by molar-refractivity contribution is 0.190. The van der Waals surface area contributed by atoms with Crippen LogP contribution in [0.1, 0.15) is 29.4 Å². The van der Waals surface area contributed by atoms with Gasteiger partial charge in [0.05, 0.1) is 8.81 Å². The van der Waals surface area contributed by atoms with Crippen LogP contribution in [0.2, 0.25) is 5.02 Å². The van der Waals surface area contributed by atoms with E-state index in [1.807, 2.05) is 13.0 Å². The zero-order chi connectivity index (χ0) is 11.7. The topological polar surface area (TPSA) is 33.4 Å². The molecule has 0 aliphatic rings. The van der Waals surface area contributed by atoms with Gasteiger partial charge in [-0.25, -0.2) is 0 Å². The summed E-state index contributed by atoms with van der Waals surface area (Å²) in [5.41, 5.74) is 0. The number of hydrogen-bond acceptors (Lipinski definition) is 3. The van der Waals surface area contributed by atoms with Crippen molar-refractivity contribution in [1.29, 1.82) is 0 Å². The molecule has 0 aliphatic heterocycles. The molecular weight excluding hydrogens is 312 g/mol. The van der Waals surface area contributed by atoms with Gasteiger partial charge < -0.3 is 9.52 Å². The largest absolute Gasteiger partial charge is 0.463 e. The Morgan fingerprint density at radius 3 is 2.81 bits per heavy atom. The van der Waals surface area contributed by atoms with Crippen molar-refractivity contribution in [3.8, 4) is 0 Å². The maximum atomic E-state index is 10.1. The third-order valence-electron chi connectivity index (χ3n) is 2.23. The number of aliphatic hydroxyl groups is 1. The minimum atomic E-state index is -0.742. The van der Waals surface area contributed by atoms with Crippen molar-refractivity contribution in [3.05, 3.63) is 43.4 Å². The summed E-state index contributed by atoms with van der Waals surface area (Å²) in [7, 11) is 0. The van der Waals surface area contributed by atoms with Crippen molar-refractivity contribution in [2.45, 2.75) is 19.4 Å². The first-order chi connectivity index (χ1) is 7.61. The molecule has 0 saturated carbocycles. The molecule has 0 bridgehead atoms. The van der Waals surface area contributed by atoms with Gasteiger partial charge in [0.25, 0.3) is 0 Å². The van der Waals surface area contributed by atoms with E-state index >= 15 is 0 Å². The lowest BCUT2D eigenvalue weighted by Crippen LogP contribution is -1.94. The van der Waals surface area contributed by atoms with Crippen LogP contribution in [0.5, 0.6) is 0 Å². The summed E-state index contributed by atoms with van der Waals surface area (Å²) in [4.78, 5) is 0.772. The first-order valence-corrected chi connectivity index (χ1v) is 6.82. The maximum absolute atomic E-state index is 10.1. The van der Waals surface area contributed by atoms with Crippen molar-refractivity contribution in [2.24, 2.45) is 0 Å². The number of thiophene rings is 1. The molecule has 1 unspecified atom stereocenters. The van der Waals surface area contributed by atoms with Crippen molar-refractivity contribution in [3.63, 3.8) is 0 Å². The Hall–Kier alpha value is -0.290. The number of halogens is 2. The molecule has 86 valence electrons. The van der Waals surface area contributed by atoms with E-state index < -0.39 is 6.10 Å². The van der Waals surface area contributed by atoms with E-state index in [1.165, 1.54) is 11.3 Å². The second-order valence-corrected chi connectivity index (χ2v) is 6.14. The average molecular weight is 322 g/mol. The molecule has 1 atom stereocenters. The summed E-state index contributed by atoms with van der Waals surface area (Å²) in [5, 5.41) is 10.7. The molecule has 2 nitrogen and oxygen atoms in total. The Bertz CT molecular complexity index is 472. The number of furan rings is 1. The van der Waals surface area contributed by atoms with Crippen LogP contribution in [-0.4, -0.2) is 5.11 Å². The monoisotopic (exact) mass is 320 g/mol. The Kier molecular flexibility index (Phi) is 3.74. The Balaban J connectivity index is 2.27. The lowest BCUT2D eigenvalue weighted by Gasteiger charge is -2.03. The van der Waals surface area contributed by atoms with Gasteiger partial charge in [0.2, 0.25) is 0 Å². The molecule has 0 radical (unpaired) electrons. The normalized spacial score (nSPS) is 13.0. The minimum Gasteiger partial charge on any atom is -0.463 e. The fourth-order valence-corrected chi connectivity index (χ4v) is 3.11. The molecule has 2 heterocycles. The summed E-state index contributed by atoms with van der Waals surface area (Å²) >= 11 is 10.6. The molecule has 0 amide bonds. The highest BCUT2D eigenvalue weighted by molar-refractivity contribution is 9.11. The van der Waals surface area contributed by atoms with E-state index in [4.69, 9.17) is 16.0 Å². The number of aryl methyl sites for hydroxylation is 1. The molecule has 0 saturated heterocycles. The zero-order valence-corrected chi connectivity index (χ0v) is 11.7. The predicted molar refractivity (Wildman–Crippen MR) is 69.2 cm³/mol. The molecule has 16 heavy (non-hydrogen) atoms. The van der Waals surface area contributed by atoms with Gasteiger partial charge in [-0.3, -0.25) is 0 Å². The second-order valence-electron chi connectivity index (χ2n) is 3.33. The average Bonchev–Trinajstić information content (AvgIpc) is 2.86. The lowest BCUT2D eigenvalue weighted by atomic mass is 10.2. The van der Waals surface area contributed by atoms with Crippen LogP contribution >= 0.6 is 38.9 Å². The van der Waals surface area contributed by atoms with Gasteiger partial charge in [0, 0.05) is 11.3 Å². The van der Waals surface area contributed by atoms with Gasteiger partial charge in [0.1, 0.15) is 17.6 Å². The quantitative estimate of drug-likeness (QED) is 0.909. The highest BCUT2D eigenvalue weighted by atomic mass is 79.9. The van der Waals surface area contributed by atoms with E-state index in [0.717, 1.165) is 20.8 Å². The molecule has 2 aromatic heterocycles. The Morgan fingerprint density at radius 1 is 1.56 bits per heavy atom. The second kappa shape index (κ2) is 4.92. The molecule has 0 fully saturated rings. The minimum absolute atomic E-state index is 0.558. The van der Waals surface area contributed by atoms with E-state index in [1.54, 1.807) is 12.1 Å². The highest BCUT2D eigenvalue weighted by Gasteiger charge is 2.18. The van der Waals surface area contributed by atoms with E-state index in [-0.39, 0.29) is 0 Å². The molecule has 1 N–H and O–H groups in total. The zero-order valence-electron chi connectivity index (χ0n) is 8.54. The predicted octanol–water partition coefficient (Wildman–Crippen LogP) is 4.40. The molecule has 5 heteroatoms. The van der Waals surface area contributed by atoms with Crippen molar-refractivity contribution < 1.29 is 9.52 Å². The highest BCUT2D eigenvalue weighted by Crippen LogP contribution is 2.37. The Labute approximate surface area is 111 Å². The number of rotatable bonds is 3. The van der Waals surface area contributed by atoms with Gasteiger partial charge in [0.15, 0.2) is 0 Å². The van der Waals surface area contributed by atoms with Crippen LogP contribution in [0.4, 0.5) is 0 Å². The summed E-state index contributed by atoms with van der Waals surface area (Å²) < 4.78 is 6.32. The van der Waals surface area contributed by atoms with Crippen LogP contribution in [0.3, 0.4) is 0 Å². The first kappa shape index (κ1) is 12.2. The third-order valence-corrected chi connectivity index (χ3v) is 4.76. The molecule has 2 aromatic rings. The smallest absolute Gasteiger partial charge is 0.146 e. The fourth-order valence-electron chi connectivity index (χ4n) is 1.37. The standard InChI is InChI=1S/C11H10BrClO2S/c1-2-6-3-4-8(15-6)10(14)9-5-7(13)11(12)16-9/h3-5,10,14H,2H2,1H3. The van der Waals surface area contributed by atoms with Crippen molar-refractivity contribution in [2.75, 3.05) is 0 Å². The SMILES string of the molecule is CCc1ccc(C(O)c2cc(Cl)c(Br)s2)o1. The molecule has 2 rings (SSSR count). The van der Waals surface area contributed by atoms with Crippen LogP contribution in [0.15, 0.2) is 26.4 Å². The number of hydrogen-bond donors (Lipinski definition) is 1. The van der Waals surface area contributed by atoms with E-state index in [0.29, 0.717) is 10.8 Å². The van der Waals surface area contributed by atoms with Crippen molar-refractivity contribution in [1.82, 2.24) is 0 Å². The first-order valence-electron chi connectivity index (χ1n) is 4.83. The Morgan fingerprint density at radius 2 is 2.31 bits per heavy atom. The van der Waals surface area contributed by atoms with Gasteiger partial charge >= 0.3 is 0 Å². The summed E-state index contributed by atoms with van der Waals surface area (Å²) in [6.07, 6.45) is 0.0795. The van der Waals surface area contributed by atoms with Crippen LogP contribution in [-0.2, 0) is 6.42 Å². The van der Waals surface area contributed by atoms with E-state index in [9.17, 15) is 5.11 Å². The summed E-state index contributed by atoms with van der Waals surface area (Å²) in [6, 6.07) is 5.42.